The van der Waals surface area contributed by atoms with Crippen molar-refractivity contribution >= 4 is 44.2 Å². The summed E-state index contributed by atoms with van der Waals surface area (Å²) < 4.78 is 0. The Morgan fingerprint density at radius 1 is 1.27 bits per heavy atom. The number of rotatable bonds is 4. The van der Waals surface area contributed by atoms with E-state index in [4.69, 9.17) is 17.3 Å². The summed E-state index contributed by atoms with van der Waals surface area (Å²) in [5, 5.41) is -0.0414. The molecule has 0 aliphatic rings. The zero-order valence-electron chi connectivity index (χ0n) is 7.80. The van der Waals surface area contributed by atoms with Crippen LogP contribution in [-0.4, -0.2) is 16.4 Å². The molecular weight excluding hydrogens is 281 g/mol. The number of ketones is 1. The van der Waals surface area contributed by atoms with Crippen LogP contribution in [0.3, 0.4) is 0 Å². The van der Waals surface area contributed by atoms with Gasteiger partial charge in [-0.3, -0.25) is 9.59 Å². The molecule has 0 unspecified atom stereocenters. The van der Waals surface area contributed by atoms with Gasteiger partial charge in [-0.1, -0.05) is 15.9 Å². The smallest absolute Gasteiger partial charge is 0.252 e. The highest BCUT2D eigenvalue weighted by Gasteiger charge is 2.10. The van der Waals surface area contributed by atoms with Crippen LogP contribution in [0.1, 0.15) is 27.1 Å². The van der Waals surface area contributed by atoms with Gasteiger partial charge in [0.2, 0.25) is 0 Å². The molecule has 5 heteroatoms. The van der Waals surface area contributed by atoms with E-state index in [-0.39, 0.29) is 11.3 Å². The highest BCUT2D eigenvalue weighted by atomic mass is 79.9. The van der Waals surface area contributed by atoms with Crippen LogP contribution in [0.15, 0.2) is 18.2 Å². The maximum Gasteiger partial charge on any atom is 0.252 e. The summed E-state index contributed by atoms with van der Waals surface area (Å²) in [6.45, 7) is 0. The molecule has 0 saturated heterocycles. The zero-order valence-corrected chi connectivity index (χ0v) is 10.1. The predicted octanol–water partition coefficient (Wildman–Crippen LogP) is 2.62. The SMILES string of the molecule is Nc1cc(C(=O)Cl)cc(C(=O)CCBr)c1. The minimum Gasteiger partial charge on any atom is -0.399 e. The molecule has 0 aliphatic heterocycles. The summed E-state index contributed by atoms with van der Waals surface area (Å²) >= 11 is 8.48. The van der Waals surface area contributed by atoms with E-state index in [1.807, 2.05) is 0 Å². The lowest BCUT2D eigenvalue weighted by molar-refractivity contribution is 0.0990. The molecule has 3 nitrogen and oxygen atoms in total. The molecule has 0 heterocycles. The van der Waals surface area contributed by atoms with E-state index in [0.717, 1.165) is 0 Å². The maximum atomic E-state index is 11.5. The predicted molar refractivity (Wildman–Crippen MR) is 63.8 cm³/mol. The molecule has 1 rings (SSSR count). The highest BCUT2D eigenvalue weighted by Crippen LogP contribution is 2.15. The van der Waals surface area contributed by atoms with Crippen LogP contribution in [0.2, 0.25) is 0 Å². The second-order valence-corrected chi connectivity index (χ2v) is 4.12. The fraction of sp³-hybridized carbons (Fsp3) is 0.200. The third-order valence-electron chi connectivity index (χ3n) is 1.83. The lowest BCUT2D eigenvalue weighted by Gasteiger charge is -2.03. The van der Waals surface area contributed by atoms with Crippen LogP contribution in [0.25, 0.3) is 0 Å². The number of halogens is 2. The maximum absolute atomic E-state index is 11.5. The van der Waals surface area contributed by atoms with E-state index >= 15 is 0 Å². The van der Waals surface area contributed by atoms with Gasteiger partial charge in [0.1, 0.15) is 0 Å². The number of hydrogen-bond acceptors (Lipinski definition) is 3. The molecule has 0 amide bonds. The molecule has 2 N–H and O–H groups in total. The Morgan fingerprint density at radius 2 is 1.87 bits per heavy atom. The average Bonchev–Trinajstić information content (AvgIpc) is 2.17. The summed E-state index contributed by atoms with van der Waals surface area (Å²) in [4.78, 5) is 22.5. The molecule has 0 fully saturated rings. The van der Waals surface area contributed by atoms with E-state index in [1.165, 1.54) is 18.2 Å². The molecule has 0 saturated carbocycles. The van der Waals surface area contributed by atoms with Crippen LogP contribution < -0.4 is 5.73 Å². The Kier molecular flexibility index (Phi) is 4.29. The van der Waals surface area contributed by atoms with Gasteiger partial charge in [-0.25, -0.2) is 0 Å². The van der Waals surface area contributed by atoms with Crippen molar-refractivity contribution in [3.63, 3.8) is 0 Å². The Hall–Kier alpha value is -0.870. The van der Waals surface area contributed by atoms with Gasteiger partial charge in [0.05, 0.1) is 0 Å². The monoisotopic (exact) mass is 289 g/mol. The summed E-state index contributed by atoms with van der Waals surface area (Å²) in [5.41, 5.74) is 6.58. The third kappa shape index (κ3) is 3.32. The number of carbonyl (C=O) groups excluding carboxylic acids is 2. The molecule has 1 aromatic carbocycles. The van der Waals surface area contributed by atoms with Gasteiger partial charge < -0.3 is 5.73 Å². The molecule has 15 heavy (non-hydrogen) atoms. The molecule has 0 aliphatic carbocycles. The number of benzene rings is 1. The number of carbonyl (C=O) groups is 2. The first-order chi connectivity index (χ1) is 7.04. The minimum atomic E-state index is -0.616. The summed E-state index contributed by atoms with van der Waals surface area (Å²) in [6.07, 6.45) is 0.360. The van der Waals surface area contributed by atoms with Crippen molar-refractivity contribution in [1.29, 1.82) is 0 Å². The Labute approximate surface area is 101 Å². The standard InChI is InChI=1S/C10H9BrClNO2/c11-2-1-9(14)6-3-7(10(12)15)5-8(13)4-6/h3-5H,1-2,13H2. The van der Waals surface area contributed by atoms with E-state index < -0.39 is 5.24 Å². The van der Waals surface area contributed by atoms with E-state index in [2.05, 4.69) is 15.9 Å². The van der Waals surface area contributed by atoms with Crippen molar-refractivity contribution in [3.8, 4) is 0 Å². The van der Waals surface area contributed by atoms with E-state index in [9.17, 15) is 9.59 Å². The van der Waals surface area contributed by atoms with Crippen molar-refractivity contribution in [1.82, 2.24) is 0 Å². The summed E-state index contributed by atoms with van der Waals surface area (Å²) in [6, 6.07) is 4.44. The summed E-state index contributed by atoms with van der Waals surface area (Å²) in [7, 11) is 0. The van der Waals surface area contributed by atoms with Crippen molar-refractivity contribution in [2.75, 3.05) is 11.1 Å². The van der Waals surface area contributed by atoms with Gasteiger partial charge in [0.15, 0.2) is 5.78 Å². The van der Waals surface area contributed by atoms with Crippen molar-refractivity contribution in [3.05, 3.63) is 29.3 Å². The molecule has 0 radical (unpaired) electrons. The molecule has 0 spiro atoms. The largest absolute Gasteiger partial charge is 0.399 e. The quantitative estimate of drug-likeness (QED) is 0.401. The van der Waals surface area contributed by atoms with Gasteiger partial charge in [-0.2, -0.15) is 0 Å². The average molecular weight is 291 g/mol. The van der Waals surface area contributed by atoms with Crippen LogP contribution in [0.4, 0.5) is 5.69 Å². The van der Waals surface area contributed by atoms with E-state index in [0.29, 0.717) is 23.0 Å². The van der Waals surface area contributed by atoms with Crippen LogP contribution in [0.5, 0.6) is 0 Å². The molecule has 0 atom stereocenters. The van der Waals surface area contributed by atoms with Gasteiger partial charge in [-0.15, -0.1) is 0 Å². The Morgan fingerprint density at radius 3 is 2.40 bits per heavy atom. The van der Waals surface area contributed by atoms with Gasteiger partial charge in [-0.05, 0) is 29.8 Å². The number of nitrogens with two attached hydrogens (primary N) is 1. The number of nitrogen functional groups attached to an aromatic ring is 1. The first-order valence-corrected chi connectivity index (χ1v) is 5.74. The zero-order chi connectivity index (χ0) is 11.4. The van der Waals surface area contributed by atoms with Gasteiger partial charge >= 0.3 is 0 Å². The van der Waals surface area contributed by atoms with E-state index in [1.54, 1.807) is 0 Å². The number of anilines is 1. The van der Waals surface area contributed by atoms with Crippen LogP contribution in [-0.2, 0) is 0 Å². The second kappa shape index (κ2) is 5.28. The second-order valence-electron chi connectivity index (χ2n) is 2.98. The molecule has 1 aromatic rings. The Balaban J connectivity index is 3.09. The number of alkyl halides is 1. The lowest BCUT2D eigenvalue weighted by atomic mass is 10.1. The third-order valence-corrected chi connectivity index (χ3v) is 2.44. The van der Waals surface area contributed by atoms with Gasteiger partial charge in [0.25, 0.3) is 5.24 Å². The summed E-state index contributed by atoms with van der Waals surface area (Å²) in [5.74, 6) is -0.0710. The topological polar surface area (TPSA) is 60.2 Å². The molecular formula is C10H9BrClNO2. The van der Waals surface area contributed by atoms with Crippen LogP contribution >= 0.6 is 27.5 Å². The fourth-order valence-corrected chi connectivity index (χ4v) is 1.63. The normalized spacial score (nSPS) is 10.0. The van der Waals surface area contributed by atoms with Gasteiger partial charge in [0, 0.05) is 28.6 Å². The van der Waals surface area contributed by atoms with Crippen molar-refractivity contribution in [2.24, 2.45) is 0 Å². The fourth-order valence-electron chi connectivity index (χ4n) is 1.16. The lowest BCUT2D eigenvalue weighted by Crippen LogP contribution is -2.03. The molecule has 80 valence electrons. The van der Waals surface area contributed by atoms with Crippen LogP contribution in [0, 0.1) is 0 Å². The van der Waals surface area contributed by atoms with Crippen molar-refractivity contribution in [2.45, 2.75) is 6.42 Å². The Bertz CT molecular complexity index is 406. The first kappa shape index (κ1) is 12.2. The minimum absolute atomic E-state index is 0.0710. The highest BCUT2D eigenvalue weighted by molar-refractivity contribution is 9.09. The molecule has 0 aromatic heterocycles. The first-order valence-electron chi connectivity index (χ1n) is 4.24. The number of Topliss-reactive ketones (excluding diaryl/α,β-unsaturated/α-hetero) is 1. The molecule has 0 bridgehead atoms. The van der Waals surface area contributed by atoms with Crippen molar-refractivity contribution < 1.29 is 9.59 Å². The number of hydrogen-bond donors (Lipinski definition) is 1.